The fraction of sp³-hybridized carbons (Fsp3) is 0.462. The molecule has 1 amide bonds. The number of amides is 1. The quantitative estimate of drug-likeness (QED) is 0.923. The maximum atomic E-state index is 12.2. The summed E-state index contributed by atoms with van der Waals surface area (Å²) >= 11 is 3.47. The number of benzene rings is 1. The smallest absolute Gasteiger partial charge is 0.227 e. The SMILES string of the molecule is Cl.NCC1CCCN1C(=O)Cc1ccccc1Br. The van der Waals surface area contributed by atoms with Crippen molar-refractivity contribution < 1.29 is 4.79 Å². The molecule has 18 heavy (non-hydrogen) atoms. The minimum atomic E-state index is 0. The molecule has 1 heterocycles. The van der Waals surface area contributed by atoms with Crippen LogP contribution in [-0.2, 0) is 11.2 Å². The number of nitrogens with two attached hydrogens (primary N) is 1. The van der Waals surface area contributed by atoms with Crippen LogP contribution in [0.4, 0.5) is 0 Å². The van der Waals surface area contributed by atoms with E-state index < -0.39 is 0 Å². The summed E-state index contributed by atoms with van der Waals surface area (Å²) < 4.78 is 0.997. The van der Waals surface area contributed by atoms with E-state index in [1.807, 2.05) is 29.2 Å². The van der Waals surface area contributed by atoms with Crippen molar-refractivity contribution in [3.05, 3.63) is 34.3 Å². The largest absolute Gasteiger partial charge is 0.338 e. The Morgan fingerprint density at radius 2 is 2.17 bits per heavy atom. The number of hydrogen-bond donors (Lipinski definition) is 1. The van der Waals surface area contributed by atoms with Gasteiger partial charge in [-0.15, -0.1) is 12.4 Å². The topological polar surface area (TPSA) is 46.3 Å². The van der Waals surface area contributed by atoms with Crippen LogP contribution < -0.4 is 5.73 Å². The van der Waals surface area contributed by atoms with E-state index in [2.05, 4.69) is 15.9 Å². The zero-order chi connectivity index (χ0) is 12.3. The van der Waals surface area contributed by atoms with Gasteiger partial charge in [0.05, 0.1) is 6.42 Å². The molecule has 1 atom stereocenters. The molecule has 1 fully saturated rings. The van der Waals surface area contributed by atoms with E-state index in [0.29, 0.717) is 13.0 Å². The van der Waals surface area contributed by atoms with Crippen molar-refractivity contribution >= 4 is 34.2 Å². The molecule has 0 radical (unpaired) electrons. The standard InChI is InChI=1S/C13H17BrN2O.ClH/c14-12-6-2-1-4-10(12)8-13(17)16-7-3-5-11(16)9-15;/h1-2,4,6,11H,3,5,7-9,15H2;1H. The van der Waals surface area contributed by atoms with Crippen molar-refractivity contribution in [3.8, 4) is 0 Å². The third kappa shape index (κ3) is 3.46. The number of carbonyl (C=O) groups excluding carboxylic acids is 1. The van der Waals surface area contributed by atoms with Crippen molar-refractivity contribution in [2.45, 2.75) is 25.3 Å². The molecule has 0 spiro atoms. The number of halogens is 2. The molecule has 0 aromatic heterocycles. The molecular formula is C13H18BrClN2O. The Labute approximate surface area is 122 Å². The Balaban J connectivity index is 0.00000162. The van der Waals surface area contributed by atoms with Crippen molar-refractivity contribution in [2.24, 2.45) is 5.73 Å². The number of carbonyl (C=O) groups is 1. The van der Waals surface area contributed by atoms with Crippen LogP contribution in [0.1, 0.15) is 18.4 Å². The van der Waals surface area contributed by atoms with Crippen molar-refractivity contribution in [1.82, 2.24) is 4.90 Å². The first-order valence-corrected chi connectivity index (χ1v) is 6.74. The van der Waals surface area contributed by atoms with Crippen LogP contribution in [0.2, 0.25) is 0 Å². The van der Waals surface area contributed by atoms with Gasteiger partial charge in [-0.05, 0) is 24.5 Å². The first kappa shape index (κ1) is 15.5. The third-order valence-electron chi connectivity index (χ3n) is 3.27. The van der Waals surface area contributed by atoms with Crippen LogP contribution in [0.25, 0.3) is 0 Å². The molecule has 0 aliphatic carbocycles. The van der Waals surface area contributed by atoms with Gasteiger partial charge in [-0.2, -0.15) is 0 Å². The van der Waals surface area contributed by atoms with Gasteiger partial charge in [-0.25, -0.2) is 0 Å². The molecule has 0 saturated carbocycles. The van der Waals surface area contributed by atoms with Gasteiger partial charge in [0, 0.05) is 23.6 Å². The Morgan fingerprint density at radius 1 is 1.44 bits per heavy atom. The van der Waals surface area contributed by atoms with E-state index in [0.717, 1.165) is 29.4 Å². The lowest BCUT2D eigenvalue weighted by molar-refractivity contribution is -0.131. The molecule has 0 bridgehead atoms. The lowest BCUT2D eigenvalue weighted by atomic mass is 10.1. The molecule has 2 rings (SSSR count). The van der Waals surface area contributed by atoms with Crippen LogP contribution >= 0.6 is 28.3 Å². The van der Waals surface area contributed by atoms with E-state index in [9.17, 15) is 4.79 Å². The van der Waals surface area contributed by atoms with Gasteiger partial charge in [0.25, 0.3) is 0 Å². The predicted octanol–water partition coefficient (Wildman–Crippen LogP) is 2.36. The van der Waals surface area contributed by atoms with Gasteiger partial charge in [0.15, 0.2) is 0 Å². The van der Waals surface area contributed by atoms with Crippen molar-refractivity contribution in [2.75, 3.05) is 13.1 Å². The summed E-state index contributed by atoms with van der Waals surface area (Å²) in [6, 6.07) is 8.10. The van der Waals surface area contributed by atoms with E-state index in [4.69, 9.17) is 5.73 Å². The van der Waals surface area contributed by atoms with Crippen LogP contribution in [0.5, 0.6) is 0 Å². The molecule has 5 heteroatoms. The van der Waals surface area contributed by atoms with Crippen molar-refractivity contribution in [1.29, 1.82) is 0 Å². The molecule has 1 aliphatic heterocycles. The summed E-state index contributed by atoms with van der Waals surface area (Å²) in [6.45, 7) is 1.42. The number of nitrogens with zero attached hydrogens (tertiary/aromatic N) is 1. The number of hydrogen-bond acceptors (Lipinski definition) is 2. The maximum Gasteiger partial charge on any atom is 0.227 e. The first-order chi connectivity index (χ1) is 8.22. The Bertz CT molecular complexity index is 414. The molecule has 1 aromatic rings. The summed E-state index contributed by atoms with van der Waals surface area (Å²) in [6.07, 6.45) is 2.57. The highest BCUT2D eigenvalue weighted by Crippen LogP contribution is 2.21. The van der Waals surface area contributed by atoms with E-state index >= 15 is 0 Å². The van der Waals surface area contributed by atoms with Gasteiger partial charge < -0.3 is 10.6 Å². The second-order valence-corrected chi connectivity index (χ2v) is 5.24. The fourth-order valence-electron chi connectivity index (χ4n) is 2.32. The summed E-state index contributed by atoms with van der Waals surface area (Å²) in [5.74, 6) is 0.185. The Kier molecular flexibility index (Phi) is 6.12. The van der Waals surface area contributed by atoms with Crippen LogP contribution in [0, 0.1) is 0 Å². The van der Waals surface area contributed by atoms with E-state index in [1.165, 1.54) is 0 Å². The van der Waals surface area contributed by atoms with Gasteiger partial charge >= 0.3 is 0 Å². The maximum absolute atomic E-state index is 12.2. The molecule has 1 unspecified atom stereocenters. The molecule has 100 valence electrons. The summed E-state index contributed by atoms with van der Waals surface area (Å²) in [5.41, 5.74) is 6.72. The molecule has 1 saturated heterocycles. The molecule has 1 aromatic carbocycles. The van der Waals surface area contributed by atoms with Gasteiger partial charge in [0.1, 0.15) is 0 Å². The fourth-order valence-corrected chi connectivity index (χ4v) is 2.74. The second kappa shape index (κ2) is 7.12. The zero-order valence-electron chi connectivity index (χ0n) is 10.1. The Hall–Kier alpha value is -0.580. The summed E-state index contributed by atoms with van der Waals surface area (Å²) in [7, 11) is 0. The van der Waals surface area contributed by atoms with E-state index in [-0.39, 0.29) is 24.4 Å². The predicted molar refractivity (Wildman–Crippen MR) is 78.9 cm³/mol. The average molecular weight is 334 g/mol. The molecular weight excluding hydrogens is 316 g/mol. The first-order valence-electron chi connectivity index (χ1n) is 5.95. The third-order valence-corrected chi connectivity index (χ3v) is 4.04. The normalized spacial score (nSPS) is 18.6. The van der Waals surface area contributed by atoms with Gasteiger partial charge in [-0.3, -0.25) is 4.79 Å². The van der Waals surface area contributed by atoms with Crippen molar-refractivity contribution in [3.63, 3.8) is 0 Å². The minimum absolute atomic E-state index is 0. The highest BCUT2D eigenvalue weighted by Gasteiger charge is 2.27. The van der Waals surface area contributed by atoms with Crippen LogP contribution in [0.15, 0.2) is 28.7 Å². The monoisotopic (exact) mass is 332 g/mol. The van der Waals surface area contributed by atoms with Crippen LogP contribution in [-0.4, -0.2) is 29.9 Å². The molecule has 2 N–H and O–H groups in total. The Morgan fingerprint density at radius 3 is 2.83 bits per heavy atom. The number of rotatable bonds is 3. The summed E-state index contributed by atoms with van der Waals surface area (Å²) in [5, 5.41) is 0. The molecule has 3 nitrogen and oxygen atoms in total. The number of likely N-dealkylation sites (tertiary alicyclic amines) is 1. The highest BCUT2D eigenvalue weighted by molar-refractivity contribution is 9.10. The average Bonchev–Trinajstić information content (AvgIpc) is 2.80. The lowest BCUT2D eigenvalue weighted by Crippen LogP contribution is -2.40. The minimum Gasteiger partial charge on any atom is -0.338 e. The second-order valence-electron chi connectivity index (χ2n) is 4.39. The van der Waals surface area contributed by atoms with Crippen LogP contribution in [0.3, 0.4) is 0 Å². The lowest BCUT2D eigenvalue weighted by Gasteiger charge is -2.23. The molecule has 1 aliphatic rings. The van der Waals surface area contributed by atoms with Gasteiger partial charge in [-0.1, -0.05) is 34.1 Å². The van der Waals surface area contributed by atoms with E-state index in [1.54, 1.807) is 0 Å². The summed E-state index contributed by atoms with van der Waals surface area (Å²) in [4.78, 5) is 14.1. The van der Waals surface area contributed by atoms with Gasteiger partial charge in [0.2, 0.25) is 5.91 Å². The highest BCUT2D eigenvalue weighted by atomic mass is 79.9. The zero-order valence-corrected chi connectivity index (χ0v) is 12.5.